The van der Waals surface area contributed by atoms with E-state index in [-0.39, 0.29) is 6.61 Å². The zero-order chi connectivity index (χ0) is 22.1. The van der Waals surface area contributed by atoms with Gasteiger partial charge in [-0.15, -0.1) is 10.2 Å². The van der Waals surface area contributed by atoms with Gasteiger partial charge in [-0.3, -0.25) is 4.79 Å². The number of thiazole rings is 1. The van der Waals surface area contributed by atoms with Gasteiger partial charge in [-0.1, -0.05) is 46.7 Å². The number of rotatable bonds is 7. The van der Waals surface area contributed by atoms with Gasteiger partial charge in [0.15, 0.2) is 0 Å². The van der Waals surface area contributed by atoms with Crippen LogP contribution in [-0.4, -0.2) is 40.9 Å². The molecule has 0 aliphatic carbocycles. The third kappa shape index (κ3) is 7.62. The summed E-state index contributed by atoms with van der Waals surface area (Å²) in [7, 11) is 0. The van der Waals surface area contributed by atoms with Crippen LogP contribution in [0.3, 0.4) is 0 Å². The number of azo groups is 1. The van der Waals surface area contributed by atoms with Crippen LogP contribution in [0.2, 0.25) is 10.0 Å². The third-order valence-corrected chi connectivity index (χ3v) is 5.43. The average Bonchev–Trinajstić information content (AvgIpc) is 3.06. The molecule has 0 saturated heterocycles. The predicted molar refractivity (Wildman–Crippen MR) is 122 cm³/mol. The molecule has 160 valence electrons. The number of nitrogens with zero attached hydrogens (tertiary/aromatic N) is 3. The zero-order valence-electron chi connectivity index (χ0n) is 16.5. The molecule has 0 aliphatic heterocycles. The fraction of sp³-hybridized carbons (Fsp3) is 0.300. The second-order valence-corrected chi connectivity index (χ2v) is 8.12. The van der Waals surface area contributed by atoms with Gasteiger partial charge in [0.05, 0.1) is 32.6 Å². The van der Waals surface area contributed by atoms with E-state index in [0.717, 1.165) is 41.4 Å². The lowest BCUT2D eigenvalue weighted by Gasteiger charge is -2.05. The minimum Gasteiger partial charge on any atom is -0.481 e. The molecule has 0 radical (unpaired) electrons. The van der Waals surface area contributed by atoms with E-state index in [4.69, 9.17) is 38.2 Å². The van der Waals surface area contributed by atoms with Crippen molar-refractivity contribution in [3.05, 3.63) is 51.5 Å². The molecule has 0 saturated carbocycles. The number of aliphatic carboxylic acids is 1. The number of nitrogens with one attached hydrogen (secondary N) is 1. The Bertz CT molecular complexity index is 997. The van der Waals surface area contributed by atoms with E-state index in [1.54, 1.807) is 12.1 Å². The Labute approximate surface area is 188 Å². The van der Waals surface area contributed by atoms with Crippen LogP contribution < -0.4 is 5.32 Å². The van der Waals surface area contributed by atoms with Gasteiger partial charge in [0.2, 0.25) is 5.13 Å². The first-order valence-corrected chi connectivity index (χ1v) is 10.7. The monoisotopic (exact) mass is 468 g/mol. The maximum absolute atomic E-state index is 9.00. The van der Waals surface area contributed by atoms with Crippen LogP contribution in [0, 0.1) is 6.92 Å². The van der Waals surface area contributed by atoms with Crippen molar-refractivity contribution in [1.29, 1.82) is 0 Å². The molecule has 3 aromatic rings. The number of aryl methyl sites for hydroxylation is 1. The van der Waals surface area contributed by atoms with Crippen LogP contribution in [0.1, 0.15) is 18.1 Å². The number of fused-ring (bicyclic) bond motifs is 1. The number of carboxylic acid groups (broad SMARTS) is 1. The first-order chi connectivity index (χ1) is 14.3. The highest BCUT2D eigenvalue weighted by atomic mass is 35.5. The molecule has 2 aromatic carbocycles. The summed E-state index contributed by atoms with van der Waals surface area (Å²) in [6, 6.07) is 9.63. The van der Waals surface area contributed by atoms with E-state index in [2.05, 4.69) is 26.6 Å². The van der Waals surface area contributed by atoms with E-state index in [0.29, 0.717) is 21.7 Å². The quantitative estimate of drug-likeness (QED) is 0.311. The molecule has 0 atom stereocenters. The largest absolute Gasteiger partial charge is 0.481 e. The second kappa shape index (κ2) is 11.9. The molecule has 1 heterocycles. The second-order valence-electron chi connectivity index (χ2n) is 6.29. The van der Waals surface area contributed by atoms with Crippen molar-refractivity contribution in [3.8, 4) is 0 Å². The Morgan fingerprint density at radius 3 is 2.53 bits per heavy atom. The lowest BCUT2D eigenvalue weighted by molar-refractivity contribution is -0.134. The number of carbonyl (C=O) groups is 1. The summed E-state index contributed by atoms with van der Waals surface area (Å²) < 4.78 is 0.927. The van der Waals surface area contributed by atoms with E-state index >= 15 is 0 Å². The van der Waals surface area contributed by atoms with Gasteiger partial charge in [-0.25, -0.2) is 4.98 Å². The number of benzene rings is 2. The van der Waals surface area contributed by atoms with Gasteiger partial charge in [-0.05, 0) is 49.2 Å². The summed E-state index contributed by atoms with van der Waals surface area (Å²) in [5, 5.41) is 29.5. The number of hydrogen-bond donors (Lipinski definition) is 3. The first-order valence-electron chi connectivity index (χ1n) is 9.08. The number of carboxylic acids is 1. The molecule has 7 nitrogen and oxygen atoms in total. The molecule has 3 N–H and O–H groups in total. The number of aliphatic hydroxyl groups is 1. The number of halogens is 2. The van der Waals surface area contributed by atoms with Crippen LogP contribution in [0.15, 0.2) is 40.6 Å². The standard InChI is InChI=1S/C18H18Cl2N4OS.C2H4O2/c1-11-8-12(4-5-21-6-7-25)2-3-15(11)23-24-18-22-16-9-13(19)14(20)10-17(16)26-18;1-2(3)4/h2-3,8-10,21,25H,4-7H2,1H3;1H3,(H,3,4). The molecule has 0 unspecified atom stereocenters. The first kappa shape index (κ1) is 24.2. The van der Waals surface area contributed by atoms with Gasteiger partial charge < -0.3 is 15.5 Å². The smallest absolute Gasteiger partial charge is 0.300 e. The van der Waals surface area contributed by atoms with Crippen LogP contribution in [0.25, 0.3) is 10.2 Å². The lowest BCUT2D eigenvalue weighted by atomic mass is 10.1. The molecule has 3 rings (SSSR count). The summed E-state index contributed by atoms with van der Waals surface area (Å²) in [5.41, 5.74) is 3.85. The third-order valence-electron chi connectivity index (χ3n) is 3.80. The van der Waals surface area contributed by atoms with E-state index in [9.17, 15) is 0 Å². The van der Waals surface area contributed by atoms with Crippen molar-refractivity contribution in [2.24, 2.45) is 10.2 Å². The number of hydrogen-bond acceptors (Lipinski definition) is 7. The van der Waals surface area contributed by atoms with Crippen molar-refractivity contribution >= 4 is 61.5 Å². The Kier molecular flexibility index (Phi) is 9.61. The Morgan fingerprint density at radius 1 is 1.17 bits per heavy atom. The van der Waals surface area contributed by atoms with E-state index < -0.39 is 5.97 Å². The SMILES string of the molecule is CC(=O)O.Cc1cc(CCNCCO)ccc1N=Nc1nc2cc(Cl)c(Cl)cc2s1. The number of aromatic nitrogens is 1. The fourth-order valence-corrected chi connectivity index (χ4v) is 3.67. The van der Waals surface area contributed by atoms with E-state index in [1.807, 2.05) is 19.1 Å². The van der Waals surface area contributed by atoms with Crippen LogP contribution in [-0.2, 0) is 11.2 Å². The van der Waals surface area contributed by atoms with Crippen LogP contribution >= 0.6 is 34.5 Å². The molecular weight excluding hydrogens is 447 g/mol. The summed E-state index contributed by atoms with van der Waals surface area (Å²) in [4.78, 5) is 13.4. The summed E-state index contributed by atoms with van der Waals surface area (Å²) >= 11 is 13.5. The van der Waals surface area contributed by atoms with Crippen LogP contribution in [0.4, 0.5) is 10.8 Å². The van der Waals surface area contributed by atoms with Crippen LogP contribution in [0.5, 0.6) is 0 Å². The highest BCUT2D eigenvalue weighted by Gasteiger charge is 2.07. The molecule has 0 bridgehead atoms. The molecule has 0 aliphatic rings. The minimum atomic E-state index is -0.833. The molecule has 0 spiro atoms. The van der Waals surface area contributed by atoms with Crippen molar-refractivity contribution in [3.63, 3.8) is 0 Å². The fourth-order valence-electron chi connectivity index (χ4n) is 2.47. The predicted octanol–water partition coefficient (Wildman–Crippen LogP) is 5.54. The van der Waals surface area contributed by atoms with Crippen molar-refractivity contribution in [1.82, 2.24) is 10.3 Å². The molecule has 10 heteroatoms. The maximum atomic E-state index is 9.00. The minimum absolute atomic E-state index is 0.155. The lowest BCUT2D eigenvalue weighted by Crippen LogP contribution is -2.20. The highest BCUT2D eigenvalue weighted by molar-refractivity contribution is 7.22. The van der Waals surface area contributed by atoms with Gasteiger partial charge in [-0.2, -0.15) is 0 Å². The molecular formula is C20H22Cl2N4O3S. The van der Waals surface area contributed by atoms with Gasteiger partial charge >= 0.3 is 0 Å². The summed E-state index contributed by atoms with van der Waals surface area (Å²) in [6.07, 6.45) is 0.900. The molecule has 30 heavy (non-hydrogen) atoms. The van der Waals surface area contributed by atoms with Gasteiger partial charge in [0, 0.05) is 13.5 Å². The zero-order valence-corrected chi connectivity index (χ0v) is 18.9. The summed E-state index contributed by atoms with van der Waals surface area (Å²) in [5.74, 6) is -0.833. The van der Waals surface area contributed by atoms with E-state index in [1.165, 1.54) is 16.9 Å². The Balaban J connectivity index is 0.000000735. The van der Waals surface area contributed by atoms with Crippen molar-refractivity contribution in [2.45, 2.75) is 20.3 Å². The Morgan fingerprint density at radius 2 is 1.87 bits per heavy atom. The van der Waals surface area contributed by atoms with Crippen molar-refractivity contribution in [2.75, 3.05) is 19.7 Å². The molecule has 1 aromatic heterocycles. The maximum Gasteiger partial charge on any atom is 0.300 e. The van der Waals surface area contributed by atoms with Gasteiger partial charge in [0.1, 0.15) is 0 Å². The topological polar surface area (TPSA) is 107 Å². The normalized spacial score (nSPS) is 11.0. The van der Waals surface area contributed by atoms with Crippen molar-refractivity contribution < 1.29 is 15.0 Å². The molecule has 0 fully saturated rings. The van der Waals surface area contributed by atoms with Gasteiger partial charge in [0.25, 0.3) is 5.97 Å². The summed E-state index contributed by atoms with van der Waals surface area (Å²) in [6.45, 7) is 4.70. The average molecular weight is 469 g/mol. The highest BCUT2D eigenvalue weighted by Crippen LogP contribution is 2.35. The molecule has 0 amide bonds. The Hall–Kier alpha value is -2.10. The number of aliphatic hydroxyl groups excluding tert-OH is 1.